The number of carbonyl (C=O) groups excluding carboxylic acids is 1. The highest BCUT2D eigenvalue weighted by atomic mass is 16.2. The Morgan fingerprint density at radius 1 is 1.29 bits per heavy atom. The molecule has 1 amide bonds. The van der Waals surface area contributed by atoms with Crippen LogP contribution in [0.25, 0.3) is 0 Å². The molecule has 2 rings (SSSR count). The van der Waals surface area contributed by atoms with E-state index in [2.05, 4.69) is 12.2 Å². The third kappa shape index (κ3) is 2.20. The van der Waals surface area contributed by atoms with E-state index in [-0.39, 0.29) is 11.9 Å². The standard InChI is InChI=1S/C14H20N2O/c1-3-5-10-16-12-9-7-6-8-11(12)13(14(16)17)15-4-2/h6-9,13,15H,3-5,10H2,1-2H3. The summed E-state index contributed by atoms with van der Waals surface area (Å²) in [5, 5.41) is 3.27. The SMILES string of the molecule is CCCCN1C(=O)C(NCC)c2ccccc21. The van der Waals surface area contributed by atoms with Crippen LogP contribution < -0.4 is 10.2 Å². The van der Waals surface area contributed by atoms with E-state index in [1.165, 1.54) is 0 Å². The highest BCUT2D eigenvalue weighted by Gasteiger charge is 2.35. The summed E-state index contributed by atoms with van der Waals surface area (Å²) < 4.78 is 0. The van der Waals surface area contributed by atoms with Gasteiger partial charge in [-0.1, -0.05) is 38.5 Å². The molecule has 0 aromatic heterocycles. The molecular formula is C14H20N2O. The van der Waals surface area contributed by atoms with Gasteiger partial charge < -0.3 is 10.2 Å². The van der Waals surface area contributed by atoms with Gasteiger partial charge in [-0.2, -0.15) is 0 Å². The first-order chi connectivity index (χ1) is 8.29. The smallest absolute Gasteiger partial charge is 0.248 e. The van der Waals surface area contributed by atoms with Crippen molar-refractivity contribution in [2.75, 3.05) is 18.0 Å². The molecule has 1 N–H and O–H groups in total. The molecule has 92 valence electrons. The van der Waals surface area contributed by atoms with Crippen molar-refractivity contribution < 1.29 is 4.79 Å². The maximum atomic E-state index is 12.3. The Balaban J connectivity index is 2.28. The van der Waals surface area contributed by atoms with Crippen molar-refractivity contribution in [3.63, 3.8) is 0 Å². The predicted octanol–water partition coefficient (Wildman–Crippen LogP) is 2.48. The van der Waals surface area contributed by atoms with Gasteiger partial charge in [0.15, 0.2) is 0 Å². The fourth-order valence-electron chi connectivity index (χ4n) is 2.33. The molecule has 3 nitrogen and oxygen atoms in total. The van der Waals surface area contributed by atoms with Crippen LogP contribution >= 0.6 is 0 Å². The van der Waals surface area contributed by atoms with Crippen molar-refractivity contribution in [2.45, 2.75) is 32.7 Å². The molecule has 0 radical (unpaired) electrons. The van der Waals surface area contributed by atoms with Crippen LogP contribution in [0.4, 0.5) is 5.69 Å². The summed E-state index contributed by atoms with van der Waals surface area (Å²) in [4.78, 5) is 14.2. The summed E-state index contributed by atoms with van der Waals surface area (Å²) >= 11 is 0. The van der Waals surface area contributed by atoms with Gasteiger partial charge in [-0.3, -0.25) is 4.79 Å². The molecule has 3 heteroatoms. The molecule has 1 aliphatic heterocycles. The van der Waals surface area contributed by atoms with E-state index in [0.717, 1.165) is 37.2 Å². The molecule has 0 bridgehead atoms. The maximum Gasteiger partial charge on any atom is 0.248 e. The largest absolute Gasteiger partial charge is 0.310 e. The van der Waals surface area contributed by atoms with Gasteiger partial charge in [0.2, 0.25) is 5.91 Å². The molecule has 1 heterocycles. The van der Waals surface area contributed by atoms with Crippen molar-refractivity contribution in [1.29, 1.82) is 0 Å². The van der Waals surface area contributed by atoms with Gasteiger partial charge in [0, 0.05) is 17.8 Å². The molecule has 1 aliphatic rings. The quantitative estimate of drug-likeness (QED) is 0.846. The normalized spacial score (nSPS) is 18.6. The van der Waals surface area contributed by atoms with Gasteiger partial charge in [-0.25, -0.2) is 0 Å². The van der Waals surface area contributed by atoms with Gasteiger partial charge in [0.25, 0.3) is 0 Å². The zero-order valence-electron chi connectivity index (χ0n) is 10.6. The number of benzene rings is 1. The number of para-hydroxylation sites is 1. The minimum Gasteiger partial charge on any atom is -0.310 e. The summed E-state index contributed by atoms with van der Waals surface area (Å²) in [5.41, 5.74) is 2.20. The number of nitrogens with one attached hydrogen (secondary N) is 1. The van der Waals surface area contributed by atoms with Crippen LogP contribution in [0.5, 0.6) is 0 Å². The number of amides is 1. The number of hydrogen-bond acceptors (Lipinski definition) is 2. The number of carbonyl (C=O) groups is 1. The molecule has 1 atom stereocenters. The number of rotatable bonds is 5. The molecule has 0 saturated carbocycles. The van der Waals surface area contributed by atoms with Crippen molar-refractivity contribution in [3.05, 3.63) is 29.8 Å². The maximum absolute atomic E-state index is 12.3. The molecule has 0 aliphatic carbocycles. The van der Waals surface area contributed by atoms with Crippen LogP contribution in [-0.4, -0.2) is 19.0 Å². The van der Waals surface area contributed by atoms with Gasteiger partial charge in [0.1, 0.15) is 6.04 Å². The first-order valence-electron chi connectivity index (χ1n) is 6.43. The summed E-state index contributed by atoms with van der Waals surface area (Å²) in [5.74, 6) is 0.196. The summed E-state index contributed by atoms with van der Waals surface area (Å²) in [7, 11) is 0. The van der Waals surface area contributed by atoms with E-state index in [1.807, 2.05) is 36.1 Å². The Bertz CT molecular complexity index is 403. The third-order valence-electron chi connectivity index (χ3n) is 3.20. The topological polar surface area (TPSA) is 32.3 Å². The molecule has 1 aromatic carbocycles. The van der Waals surface area contributed by atoms with E-state index >= 15 is 0 Å². The third-order valence-corrected chi connectivity index (χ3v) is 3.20. The van der Waals surface area contributed by atoms with Crippen molar-refractivity contribution in [3.8, 4) is 0 Å². The molecule has 1 aromatic rings. The Morgan fingerprint density at radius 2 is 2.06 bits per heavy atom. The lowest BCUT2D eigenvalue weighted by Crippen LogP contribution is -2.35. The number of likely N-dealkylation sites (N-methyl/N-ethyl adjacent to an activating group) is 1. The van der Waals surface area contributed by atoms with Gasteiger partial charge in [-0.15, -0.1) is 0 Å². The number of nitrogens with zero attached hydrogens (tertiary/aromatic N) is 1. The second-order valence-corrected chi connectivity index (χ2v) is 4.39. The van der Waals surface area contributed by atoms with Crippen LogP contribution in [0, 0.1) is 0 Å². The van der Waals surface area contributed by atoms with Gasteiger partial charge in [0.05, 0.1) is 0 Å². The Kier molecular flexibility index (Phi) is 3.79. The molecule has 0 saturated heterocycles. The van der Waals surface area contributed by atoms with Gasteiger partial charge in [-0.05, 0) is 19.0 Å². The second kappa shape index (κ2) is 5.32. The van der Waals surface area contributed by atoms with Crippen LogP contribution in [-0.2, 0) is 4.79 Å². The van der Waals surface area contributed by atoms with E-state index in [1.54, 1.807) is 0 Å². The first kappa shape index (κ1) is 12.1. The number of anilines is 1. The fraction of sp³-hybridized carbons (Fsp3) is 0.500. The van der Waals surface area contributed by atoms with Crippen LogP contribution in [0.3, 0.4) is 0 Å². The summed E-state index contributed by atoms with van der Waals surface area (Å²) in [6.45, 7) is 5.82. The van der Waals surface area contributed by atoms with Crippen LogP contribution in [0.15, 0.2) is 24.3 Å². The minimum absolute atomic E-state index is 0.145. The summed E-state index contributed by atoms with van der Waals surface area (Å²) in [6.07, 6.45) is 2.16. The van der Waals surface area contributed by atoms with E-state index in [9.17, 15) is 4.79 Å². The lowest BCUT2D eigenvalue weighted by Gasteiger charge is -2.17. The zero-order chi connectivity index (χ0) is 12.3. The summed E-state index contributed by atoms with van der Waals surface area (Å²) in [6, 6.07) is 7.94. The lowest BCUT2D eigenvalue weighted by molar-refractivity contribution is -0.120. The predicted molar refractivity (Wildman–Crippen MR) is 70.1 cm³/mol. The van der Waals surface area contributed by atoms with Gasteiger partial charge >= 0.3 is 0 Å². The van der Waals surface area contributed by atoms with Crippen molar-refractivity contribution in [2.24, 2.45) is 0 Å². The highest BCUT2D eigenvalue weighted by Crippen LogP contribution is 2.35. The van der Waals surface area contributed by atoms with E-state index < -0.39 is 0 Å². The Labute approximate surface area is 103 Å². The number of unbranched alkanes of at least 4 members (excludes halogenated alkanes) is 1. The fourth-order valence-corrected chi connectivity index (χ4v) is 2.33. The molecule has 1 unspecified atom stereocenters. The zero-order valence-corrected chi connectivity index (χ0v) is 10.6. The molecule has 0 spiro atoms. The molecule has 0 fully saturated rings. The van der Waals surface area contributed by atoms with E-state index in [4.69, 9.17) is 0 Å². The monoisotopic (exact) mass is 232 g/mol. The Morgan fingerprint density at radius 3 is 2.76 bits per heavy atom. The van der Waals surface area contributed by atoms with Crippen LogP contribution in [0.1, 0.15) is 38.3 Å². The molecule has 17 heavy (non-hydrogen) atoms. The molecular weight excluding hydrogens is 212 g/mol. The second-order valence-electron chi connectivity index (χ2n) is 4.39. The average Bonchev–Trinajstić information content (AvgIpc) is 2.61. The average molecular weight is 232 g/mol. The minimum atomic E-state index is -0.145. The van der Waals surface area contributed by atoms with Crippen molar-refractivity contribution >= 4 is 11.6 Å². The highest BCUT2D eigenvalue weighted by molar-refractivity contribution is 6.04. The lowest BCUT2D eigenvalue weighted by atomic mass is 10.1. The number of hydrogen-bond donors (Lipinski definition) is 1. The number of fused-ring (bicyclic) bond motifs is 1. The first-order valence-corrected chi connectivity index (χ1v) is 6.43. The van der Waals surface area contributed by atoms with Crippen LogP contribution in [0.2, 0.25) is 0 Å². The van der Waals surface area contributed by atoms with Crippen molar-refractivity contribution in [1.82, 2.24) is 5.32 Å². The van der Waals surface area contributed by atoms with E-state index in [0.29, 0.717) is 0 Å². The Hall–Kier alpha value is -1.35.